The van der Waals surface area contributed by atoms with E-state index < -0.39 is 6.10 Å². The van der Waals surface area contributed by atoms with Crippen molar-refractivity contribution in [3.8, 4) is 0 Å². The van der Waals surface area contributed by atoms with Gasteiger partial charge in [-0.25, -0.2) is 4.68 Å². The lowest BCUT2D eigenvalue weighted by Gasteiger charge is -2.18. The Bertz CT molecular complexity index is 412. The van der Waals surface area contributed by atoms with Crippen LogP contribution in [0, 0.1) is 0 Å². The number of hydrogen-bond donors (Lipinski definition) is 2. The van der Waals surface area contributed by atoms with E-state index in [0.29, 0.717) is 0 Å². The first-order valence-corrected chi connectivity index (χ1v) is 5.20. The molecule has 1 aromatic heterocycles. The van der Waals surface area contributed by atoms with Crippen molar-refractivity contribution in [3.05, 3.63) is 22.1 Å². The van der Waals surface area contributed by atoms with E-state index in [1.54, 1.807) is 13.0 Å². The van der Waals surface area contributed by atoms with Crippen LogP contribution in [0.25, 0.3) is 0 Å². The van der Waals surface area contributed by atoms with Gasteiger partial charge in [-0.15, -0.1) is 0 Å². The first kappa shape index (κ1) is 10.2. The second kappa shape index (κ2) is 4.02. The molecule has 0 fully saturated rings. The number of aromatic nitrogens is 2. The molecule has 2 heterocycles. The second-order valence-corrected chi connectivity index (χ2v) is 3.90. The van der Waals surface area contributed by atoms with Crippen LogP contribution in [0.1, 0.15) is 19.0 Å². The third-order valence-electron chi connectivity index (χ3n) is 2.42. The summed E-state index contributed by atoms with van der Waals surface area (Å²) in [6.07, 6.45) is 1.37. The fourth-order valence-corrected chi connectivity index (χ4v) is 1.73. The van der Waals surface area contributed by atoms with Gasteiger partial charge in [0.2, 0.25) is 0 Å². The summed E-state index contributed by atoms with van der Waals surface area (Å²) in [6, 6.07) is 1.56. The quantitative estimate of drug-likeness (QED) is 0.718. The summed E-state index contributed by atoms with van der Waals surface area (Å²) < 4.78 is 1.33. The van der Waals surface area contributed by atoms with Crippen LogP contribution in [0.4, 0.5) is 5.69 Å². The van der Waals surface area contributed by atoms with Gasteiger partial charge in [0.25, 0.3) is 5.56 Å². The molecule has 0 amide bonds. The number of nitrogens with zero attached hydrogens (tertiary/aromatic N) is 2. The predicted molar refractivity (Wildman–Crippen MR) is 57.0 cm³/mol. The van der Waals surface area contributed by atoms with Gasteiger partial charge in [0.15, 0.2) is 0 Å². The summed E-state index contributed by atoms with van der Waals surface area (Å²) in [5, 5.41) is 16.6. The van der Waals surface area contributed by atoms with Crippen molar-refractivity contribution in [2.75, 3.05) is 11.9 Å². The third kappa shape index (κ3) is 2.18. The Morgan fingerprint density at radius 1 is 1.73 bits per heavy atom. The molecule has 2 N–H and O–H groups in total. The molecule has 2 rings (SSSR count). The number of aryl methyl sites for hydroxylation is 1. The molecule has 1 unspecified atom stereocenters. The highest BCUT2D eigenvalue weighted by Crippen LogP contribution is 2.16. The molecule has 0 aliphatic carbocycles. The molecule has 1 atom stereocenters. The van der Waals surface area contributed by atoms with E-state index in [1.165, 1.54) is 4.68 Å². The zero-order chi connectivity index (χ0) is 10.8. The van der Waals surface area contributed by atoms with Gasteiger partial charge in [0.05, 0.1) is 24.0 Å². The maximum Gasteiger partial charge on any atom is 0.268 e. The minimum Gasteiger partial charge on any atom is -0.391 e. The molecular weight excluding hydrogens is 194 g/mol. The molecule has 82 valence electrons. The zero-order valence-corrected chi connectivity index (χ0v) is 8.73. The standard InChI is InChI=1S/C10H15N3O2/c1-7(14)6-13-10(15)5-9-8(12-13)3-2-4-11-9/h5,7,11,14H,2-4,6H2,1H3. The van der Waals surface area contributed by atoms with Crippen LogP contribution in [0.3, 0.4) is 0 Å². The van der Waals surface area contributed by atoms with Gasteiger partial charge in [-0.3, -0.25) is 4.79 Å². The monoisotopic (exact) mass is 209 g/mol. The number of nitrogens with one attached hydrogen (secondary N) is 1. The fraction of sp³-hybridized carbons (Fsp3) is 0.600. The Morgan fingerprint density at radius 2 is 2.53 bits per heavy atom. The fourth-order valence-electron chi connectivity index (χ4n) is 1.73. The first-order valence-electron chi connectivity index (χ1n) is 5.20. The lowest BCUT2D eigenvalue weighted by molar-refractivity contribution is 0.166. The maximum atomic E-state index is 11.6. The molecular formula is C10H15N3O2. The van der Waals surface area contributed by atoms with E-state index in [2.05, 4.69) is 10.4 Å². The molecule has 1 aromatic rings. The molecule has 0 spiro atoms. The van der Waals surface area contributed by atoms with Crippen LogP contribution in [-0.2, 0) is 13.0 Å². The highest BCUT2D eigenvalue weighted by Gasteiger charge is 2.13. The summed E-state index contributed by atoms with van der Waals surface area (Å²) in [7, 11) is 0. The van der Waals surface area contributed by atoms with Crippen LogP contribution in [-0.4, -0.2) is 27.5 Å². The zero-order valence-electron chi connectivity index (χ0n) is 8.73. The van der Waals surface area contributed by atoms with E-state index in [0.717, 1.165) is 30.8 Å². The van der Waals surface area contributed by atoms with E-state index in [1.807, 2.05) is 0 Å². The van der Waals surface area contributed by atoms with Gasteiger partial charge < -0.3 is 10.4 Å². The molecule has 15 heavy (non-hydrogen) atoms. The van der Waals surface area contributed by atoms with Crippen molar-refractivity contribution < 1.29 is 5.11 Å². The Kier molecular flexibility index (Phi) is 2.73. The van der Waals surface area contributed by atoms with Crippen molar-refractivity contribution in [2.45, 2.75) is 32.4 Å². The van der Waals surface area contributed by atoms with Gasteiger partial charge in [0, 0.05) is 12.6 Å². The molecule has 1 aliphatic rings. The molecule has 5 heteroatoms. The molecule has 0 aromatic carbocycles. The van der Waals surface area contributed by atoms with Crippen LogP contribution in [0.2, 0.25) is 0 Å². The summed E-state index contributed by atoms with van der Waals surface area (Å²) in [4.78, 5) is 11.6. The predicted octanol–water partition coefficient (Wildman–Crippen LogP) is -0.0178. The lowest BCUT2D eigenvalue weighted by atomic mass is 10.1. The van der Waals surface area contributed by atoms with Crippen molar-refractivity contribution in [2.24, 2.45) is 0 Å². The number of aliphatic hydroxyl groups excluding tert-OH is 1. The topological polar surface area (TPSA) is 67.1 Å². The number of fused-ring (bicyclic) bond motifs is 1. The molecule has 5 nitrogen and oxygen atoms in total. The number of hydrogen-bond acceptors (Lipinski definition) is 4. The van der Waals surface area contributed by atoms with Gasteiger partial charge in [-0.1, -0.05) is 0 Å². The van der Waals surface area contributed by atoms with Crippen LogP contribution < -0.4 is 10.9 Å². The highest BCUT2D eigenvalue weighted by atomic mass is 16.3. The van der Waals surface area contributed by atoms with Crippen LogP contribution in [0.15, 0.2) is 10.9 Å². The second-order valence-electron chi connectivity index (χ2n) is 3.90. The minimum absolute atomic E-state index is 0.163. The van der Waals surface area contributed by atoms with Gasteiger partial charge in [-0.2, -0.15) is 5.10 Å². The molecule has 0 bridgehead atoms. The van der Waals surface area contributed by atoms with Crippen molar-refractivity contribution in [3.63, 3.8) is 0 Å². The third-order valence-corrected chi connectivity index (χ3v) is 2.42. The van der Waals surface area contributed by atoms with E-state index in [4.69, 9.17) is 0 Å². The van der Waals surface area contributed by atoms with E-state index in [9.17, 15) is 9.90 Å². The summed E-state index contributed by atoms with van der Waals surface area (Å²) in [5.41, 5.74) is 1.60. The smallest absolute Gasteiger partial charge is 0.268 e. The van der Waals surface area contributed by atoms with Gasteiger partial charge in [0.1, 0.15) is 0 Å². The molecule has 0 radical (unpaired) electrons. The maximum absolute atomic E-state index is 11.6. The number of aliphatic hydroxyl groups is 1. The van der Waals surface area contributed by atoms with Crippen LogP contribution in [0.5, 0.6) is 0 Å². The van der Waals surface area contributed by atoms with E-state index in [-0.39, 0.29) is 12.1 Å². The molecule has 1 aliphatic heterocycles. The minimum atomic E-state index is -0.551. The molecule has 0 saturated heterocycles. The van der Waals surface area contributed by atoms with Gasteiger partial charge >= 0.3 is 0 Å². The Hall–Kier alpha value is -1.36. The number of rotatable bonds is 2. The Morgan fingerprint density at radius 3 is 3.27 bits per heavy atom. The number of anilines is 1. The Labute approximate surface area is 87.7 Å². The van der Waals surface area contributed by atoms with Gasteiger partial charge in [-0.05, 0) is 19.8 Å². The normalized spacial score (nSPS) is 16.7. The van der Waals surface area contributed by atoms with Crippen molar-refractivity contribution in [1.29, 1.82) is 0 Å². The van der Waals surface area contributed by atoms with E-state index >= 15 is 0 Å². The summed E-state index contributed by atoms with van der Waals surface area (Å²) in [5.74, 6) is 0. The van der Waals surface area contributed by atoms with Crippen molar-refractivity contribution >= 4 is 5.69 Å². The lowest BCUT2D eigenvalue weighted by Crippen LogP contribution is -2.30. The summed E-state index contributed by atoms with van der Waals surface area (Å²) in [6.45, 7) is 2.80. The highest BCUT2D eigenvalue weighted by molar-refractivity contribution is 5.48. The van der Waals surface area contributed by atoms with Crippen LogP contribution >= 0.6 is 0 Å². The largest absolute Gasteiger partial charge is 0.391 e. The average molecular weight is 209 g/mol. The summed E-state index contributed by atoms with van der Waals surface area (Å²) >= 11 is 0. The van der Waals surface area contributed by atoms with Crippen molar-refractivity contribution in [1.82, 2.24) is 9.78 Å². The molecule has 0 saturated carbocycles. The average Bonchev–Trinajstić information content (AvgIpc) is 2.18. The first-order chi connectivity index (χ1) is 7.16. The SMILES string of the molecule is CC(O)Cn1nc2c(cc1=O)NCCC2. The Balaban J connectivity index is 2.36.